The Morgan fingerprint density at radius 2 is 2.00 bits per heavy atom. The van der Waals surface area contributed by atoms with Crippen LogP contribution in [-0.2, 0) is 4.79 Å². The van der Waals surface area contributed by atoms with Crippen LogP contribution in [0.25, 0.3) is 5.70 Å². The number of hydrogen-bond acceptors (Lipinski definition) is 5. The molecule has 0 aliphatic heterocycles. The first kappa shape index (κ1) is 17.1. The lowest BCUT2D eigenvalue weighted by Crippen LogP contribution is -2.17. The van der Waals surface area contributed by atoms with Gasteiger partial charge in [0, 0.05) is 17.7 Å². The van der Waals surface area contributed by atoms with Crippen LogP contribution >= 0.6 is 46.1 Å². The third-order valence-electron chi connectivity index (χ3n) is 2.63. The Bertz CT molecular complexity index is 664. The van der Waals surface area contributed by atoms with Gasteiger partial charge in [0.1, 0.15) is 5.75 Å². The van der Waals surface area contributed by atoms with Gasteiger partial charge >= 0.3 is 0 Å². The molecule has 1 aromatic heterocycles. The third kappa shape index (κ3) is 4.61. The number of benzene rings is 1. The second-order valence-electron chi connectivity index (χ2n) is 4.11. The summed E-state index contributed by atoms with van der Waals surface area (Å²) in [5.41, 5.74) is 1.22. The third-order valence-corrected chi connectivity index (χ3v) is 3.88. The van der Waals surface area contributed by atoms with Crippen molar-refractivity contribution in [3.63, 3.8) is 0 Å². The predicted octanol–water partition coefficient (Wildman–Crippen LogP) is 4.54. The van der Waals surface area contributed by atoms with Crippen molar-refractivity contribution in [2.24, 2.45) is 0 Å². The summed E-state index contributed by atoms with van der Waals surface area (Å²) in [6.07, 6.45) is 2.89. The van der Waals surface area contributed by atoms with Crippen LogP contribution in [0.4, 0.5) is 5.13 Å². The van der Waals surface area contributed by atoms with E-state index in [4.69, 9.17) is 39.5 Å². The molecule has 0 spiro atoms. The van der Waals surface area contributed by atoms with E-state index < -0.39 is 9.58 Å². The Labute approximate surface area is 146 Å². The number of ketones is 1. The van der Waals surface area contributed by atoms with E-state index in [9.17, 15) is 4.79 Å². The van der Waals surface area contributed by atoms with E-state index in [1.807, 2.05) is 5.38 Å². The lowest BCUT2D eigenvalue weighted by atomic mass is 10.1. The largest absolute Gasteiger partial charge is 0.497 e. The number of methoxy groups -OCH3 is 1. The summed E-state index contributed by atoms with van der Waals surface area (Å²) >= 11 is 18.3. The summed E-state index contributed by atoms with van der Waals surface area (Å²) in [5, 5.41) is 5.48. The van der Waals surface area contributed by atoms with E-state index in [1.54, 1.807) is 37.6 Å². The fraction of sp³-hybridized carbons (Fsp3) is 0.143. The molecule has 2 aromatic rings. The molecule has 8 heteroatoms. The number of hydrogen-bond donors (Lipinski definition) is 1. The van der Waals surface area contributed by atoms with E-state index in [2.05, 4.69) is 10.3 Å². The predicted molar refractivity (Wildman–Crippen MR) is 92.0 cm³/mol. The molecule has 0 fully saturated rings. The highest BCUT2D eigenvalue weighted by Crippen LogP contribution is 2.30. The molecule has 22 heavy (non-hydrogen) atoms. The van der Waals surface area contributed by atoms with Crippen molar-refractivity contribution in [2.75, 3.05) is 12.4 Å². The first-order valence-corrected chi connectivity index (χ1v) is 8.05. The molecule has 0 aliphatic carbocycles. The van der Waals surface area contributed by atoms with E-state index in [-0.39, 0.29) is 0 Å². The number of rotatable bonds is 5. The Kier molecular flexibility index (Phi) is 5.69. The van der Waals surface area contributed by atoms with Gasteiger partial charge in [-0.2, -0.15) is 0 Å². The first-order chi connectivity index (χ1) is 10.4. The van der Waals surface area contributed by atoms with Crippen LogP contribution in [0.5, 0.6) is 5.75 Å². The number of carbonyl (C=O) groups excluding carboxylic acids is 1. The van der Waals surface area contributed by atoms with Crippen LogP contribution in [0.2, 0.25) is 0 Å². The number of alkyl halides is 3. The molecule has 2 rings (SSSR count). The van der Waals surface area contributed by atoms with Gasteiger partial charge in [-0.25, -0.2) is 4.98 Å². The molecule has 0 aliphatic rings. The van der Waals surface area contributed by atoms with Crippen molar-refractivity contribution < 1.29 is 9.53 Å². The van der Waals surface area contributed by atoms with Crippen LogP contribution < -0.4 is 10.1 Å². The number of nitrogens with one attached hydrogen (secondary N) is 1. The van der Waals surface area contributed by atoms with Gasteiger partial charge in [0.15, 0.2) is 5.13 Å². The Hall–Kier alpha value is -1.27. The fourth-order valence-electron chi connectivity index (χ4n) is 1.58. The minimum atomic E-state index is -2.01. The molecule has 0 amide bonds. The maximum atomic E-state index is 11.9. The second-order valence-corrected chi connectivity index (χ2v) is 7.29. The molecule has 1 N–H and O–H groups in total. The average Bonchev–Trinajstić information content (AvgIpc) is 2.98. The van der Waals surface area contributed by atoms with E-state index in [0.717, 1.165) is 5.56 Å². The van der Waals surface area contributed by atoms with Crippen molar-refractivity contribution in [3.05, 3.63) is 47.5 Å². The summed E-state index contributed by atoms with van der Waals surface area (Å²) in [4.78, 5) is 16.1. The topological polar surface area (TPSA) is 51.2 Å². The number of nitrogens with zero attached hydrogens (tertiary/aromatic N) is 1. The highest BCUT2D eigenvalue weighted by atomic mass is 35.6. The molecule has 1 heterocycles. The first-order valence-electron chi connectivity index (χ1n) is 6.04. The molecule has 0 atom stereocenters. The minimum Gasteiger partial charge on any atom is -0.497 e. The molecular weight excluding hydrogens is 367 g/mol. The molecule has 0 saturated heterocycles. The number of halogens is 3. The van der Waals surface area contributed by atoms with Gasteiger partial charge in [0.2, 0.25) is 5.78 Å². The van der Waals surface area contributed by atoms with Crippen LogP contribution in [-0.4, -0.2) is 21.7 Å². The molecule has 0 radical (unpaired) electrons. The van der Waals surface area contributed by atoms with Crippen molar-refractivity contribution in [3.8, 4) is 5.75 Å². The van der Waals surface area contributed by atoms with Gasteiger partial charge in [-0.3, -0.25) is 4.79 Å². The van der Waals surface area contributed by atoms with Gasteiger partial charge in [0.05, 0.1) is 12.8 Å². The zero-order valence-corrected chi connectivity index (χ0v) is 14.4. The SMILES string of the molecule is COc1ccc(/C(=C/C(=O)C(Cl)(Cl)Cl)Nc2nccs2)cc1. The number of aromatic nitrogens is 1. The van der Waals surface area contributed by atoms with Crippen LogP contribution in [0.1, 0.15) is 5.56 Å². The molecule has 0 unspecified atom stereocenters. The summed E-state index contributed by atoms with van der Waals surface area (Å²) in [5.74, 6) is 0.0532. The number of thiazole rings is 1. The fourth-order valence-corrected chi connectivity index (χ4v) is 2.28. The number of anilines is 1. The number of carbonyl (C=O) groups is 1. The monoisotopic (exact) mass is 376 g/mol. The smallest absolute Gasteiger partial charge is 0.252 e. The minimum absolute atomic E-state index is 0.480. The van der Waals surface area contributed by atoms with Gasteiger partial charge in [-0.1, -0.05) is 34.8 Å². The van der Waals surface area contributed by atoms with E-state index >= 15 is 0 Å². The lowest BCUT2D eigenvalue weighted by molar-refractivity contribution is -0.113. The van der Waals surface area contributed by atoms with E-state index in [0.29, 0.717) is 16.6 Å². The lowest BCUT2D eigenvalue weighted by Gasteiger charge is -2.12. The Morgan fingerprint density at radius 3 is 2.50 bits per heavy atom. The van der Waals surface area contributed by atoms with Gasteiger partial charge in [-0.05, 0) is 29.8 Å². The highest BCUT2D eigenvalue weighted by molar-refractivity contribution is 7.13. The normalized spacial score (nSPS) is 12.1. The number of ether oxygens (including phenoxy) is 1. The Balaban J connectivity index is 2.35. The van der Waals surface area contributed by atoms with Crippen LogP contribution in [0.15, 0.2) is 41.9 Å². The molecule has 0 bridgehead atoms. The zero-order valence-electron chi connectivity index (χ0n) is 11.3. The molecule has 0 saturated carbocycles. The average molecular weight is 378 g/mol. The van der Waals surface area contributed by atoms with Crippen LogP contribution in [0, 0.1) is 0 Å². The summed E-state index contributed by atoms with van der Waals surface area (Å²) in [6, 6.07) is 7.12. The van der Waals surface area contributed by atoms with Crippen molar-refractivity contribution in [1.29, 1.82) is 0 Å². The summed E-state index contributed by atoms with van der Waals surface area (Å²) in [6.45, 7) is 0. The quantitative estimate of drug-likeness (QED) is 0.614. The standard InChI is InChI=1S/C14H11Cl3N2O2S/c1-21-10-4-2-9(3-5-10)11(8-12(20)14(15,16)17)19-13-18-6-7-22-13/h2-8H,1H3,(H,18,19)/b11-8-. The maximum absolute atomic E-state index is 11.9. The molecule has 116 valence electrons. The van der Waals surface area contributed by atoms with Gasteiger partial charge in [-0.15, -0.1) is 11.3 Å². The van der Waals surface area contributed by atoms with Crippen molar-refractivity contribution >= 4 is 62.8 Å². The summed E-state index contributed by atoms with van der Waals surface area (Å²) < 4.78 is 3.10. The molecule has 4 nitrogen and oxygen atoms in total. The Morgan fingerprint density at radius 1 is 1.32 bits per heavy atom. The molecular formula is C14H11Cl3N2O2S. The van der Waals surface area contributed by atoms with E-state index in [1.165, 1.54) is 17.4 Å². The second kappa shape index (κ2) is 7.33. The van der Waals surface area contributed by atoms with Gasteiger partial charge in [0.25, 0.3) is 3.79 Å². The van der Waals surface area contributed by atoms with Crippen molar-refractivity contribution in [1.82, 2.24) is 4.98 Å². The molecule has 1 aromatic carbocycles. The van der Waals surface area contributed by atoms with Crippen LogP contribution in [0.3, 0.4) is 0 Å². The number of allylic oxidation sites excluding steroid dienone is 1. The van der Waals surface area contributed by atoms with Crippen molar-refractivity contribution in [2.45, 2.75) is 3.79 Å². The maximum Gasteiger partial charge on any atom is 0.252 e. The zero-order chi connectivity index (χ0) is 16.2. The summed E-state index contributed by atoms with van der Waals surface area (Å²) in [7, 11) is 1.58. The van der Waals surface area contributed by atoms with Gasteiger partial charge < -0.3 is 10.1 Å². The highest BCUT2D eigenvalue weighted by Gasteiger charge is 2.29.